The summed E-state index contributed by atoms with van der Waals surface area (Å²) in [5.41, 5.74) is -2.32. The van der Waals surface area contributed by atoms with E-state index in [4.69, 9.17) is 5.11 Å². The third-order valence-corrected chi connectivity index (χ3v) is 3.32. The second kappa shape index (κ2) is 4.09. The molecule has 1 saturated carbocycles. The predicted molar refractivity (Wildman–Crippen MR) is 63.3 cm³/mol. The highest BCUT2D eigenvalue weighted by atomic mass is 19.2. The Balaban J connectivity index is 2.55. The topological polar surface area (TPSA) is 59.3 Å². The summed E-state index contributed by atoms with van der Waals surface area (Å²) < 4.78 is 42.1. The molecule has 1 heterocycles. The highest BCUT2D eigenvalue weighted by Crippen LogP contribution is 2.38. The summed E-state index contributed by atoms with van der Waals surface area (Å²) in [6, 6.07) is 0.00831. The molecule has 1 aliphatic carbocycles. The van der Waals surface area contributed by atoms with Gasteiger partial charge in [-0.25, -0.2) is 18.0 Å². The van der Waals surface area contributed by atoms with Crippen molar-refractivity contribution in [3.05, 3.63) is 45.5 Å². The lowest BCUT2D eigenvalue weighted by Crippen LogP contribution is -2.20. The number of pyridine rings is 1. The standard InChI is InChI=1S/C13H8F3NO3/c14-7-3-8(15)10(16)11-9(7)12(18)6(13(19)20)4-17(11)5-1-2-5/h3-5H,1-2H2,(H,19,20). The van der Waals surface area contributed by atoms with Gasteiger partial charge in [-0.2, -0.15) is 0 Å². The van der Waals surface area contributed by atoms with Crippen LogP contribution in [0, 0.1) is 17.5 Å². The van der Waals surface area contributed by atoms with Gasteiger partial charge in [0.1, 0.15) is 11.4 Å². The average Bonchev–Trinajstić information content (AvgIpc) is 3.19. The zero-order valence-corrected chi connectivity index (χ0v) is 9.99. The molecule has 7 heteroatoms. The van der Waals surface area contributed by atoms with Gasteiger partial charge in [0, 0.05) is 18.3 Å². The second-order valence-corrected chi connectivity index (χ2v) is 4.69. The molecule has 0 amide bonds. The molecule has 1 aromatic heterocycles. The largest absolute Gasteiger partial charge is 0.477 e. The number of carboxylic acid groups (broad SMARTS) is 1. The van der Waals surface area contributed by atoms with Crippen LogP contribution in [0.15, 0.2) is 17.1 Å². The molecule has 1 aromatic carbocycles. The molecule has 1 aliphatic rings. The lowest BCUT2D eigenvalue weighted by Gasteiger charge is -2.12. The summed E-state index contributed by atoms with van der Waals surface area (Å²) >= 11 is 0. The lowest BCUT2D eigenvalue weighted by molar-refractivity contribution is 0.0695. The van der Waals surface area contributed by atoms with Crippen molar-refractivity contribution in [1.82, 2.24) is 4.57 Å². The van der Waals surface area contributed by atoms with Crippen molar-refractivity contribution in [3.63, 3.8) is 0 Å². The Bertz CT molecular complexity index is 809. The Morgan fingerprint density at radius 1 is 1.25 bits per heavy atom. The van der Waals surface area contributed by atoms with Crippen LogP contribution in [-0.4, -0.2) is 15.6 Å². The van der Waals surface area contributed by atoms with Crippen LogP contribution in [0.3, 0.4) is 0 Å². The first-order valence-corrected chi connectivity index (χ1v) is 5.87. The average molecular weight is 283 g/mol. The molecule has 1 N–H and O–H groups in total. The summed E-state index contributed by atoms with van der Waals surface area (Å²) in [6.45, 7) is 0. The summed E-state index contributed by atoms with van der Waals surface area (Å²) in [5, 5.41) is 8.24. The van der Waals surface area contributed by atoms with Crippen LogP contribution in [-0.2, 0) is 0 Å². The third kappa shape index (κ3) is 1.70. The molecule has 0 aliphatic heterocycles. The molecule has 4 nitrogen and oxygen atoms in total. The molecule has 3 rings (SSSR count). The van der Waals surface area contributed by atoms with Crippen LogP contribution in [0.1, 0.15) is 29.2 Å². The smallest absolute Gasteiger partial charge is 0.341 e. The van der Waals surface area contributed by atoms with Crippen molar-refractivity contribution in [1.29, 1.82) is 0 Å². The van der Waals surface area contributed by atoms with E-state index < -0.39 is 45.3 Å². The highest BCUT2D eigenvalue weighted by Gasteiger charge is 2.30. The first-order chi connectivity index (χ1) is 9.41. The molecule has 2 aromatic rings. The number of halogens is 3. The van der Waals surface area contributed by atoms with E-state index in [0.717, 1.165) is 10.8 Å². The molecule has 0 atom stereocenters. The summed E-state index contributed by atoms with van der Waals surface area (Å²) in [7, 11) is 0. The van der Waals surface area contributed by atoms with Crippen LogP contribution in [0.5, 0.6) is 0 Å². The van der Waals surface area contributed by atoms with Gasteiger partial charge in [-0.15, -0.1) is 0 Å². The quantitative estimate of drug-likeness (QED) is 0.861. The first-order valence-electron chi connectivity index (χ1n) is 5.87. The van der Waals surface area contributed by atoms with E-state index in [2.05, 4.69) is 0 Å². The zero-order chi connectivity index (χ0) is 14.6. The molecule has 104 valence electrons. The van der Waals surface area contributed by atoms with Gasteiger partial charge in [0.25, 0.3) is 0 Å². The van der Waals surface area contributed by atoms with E-state index in [1.54, 1.807) is 0 Å². The van der Waals surface area contributed by atoms with Crippen molar-refractivity contribution < 1.29 is 23.1 Å². The maximum Gasteiger partial charge on any atom is 0.341 e. The maximum atomic E-state index is 13.9. The number of benzene rings is 1. The molecule has 1 fully saturated rings. The molecule has 0 bridgehead atoms. The number of carboxylic acids is 1. The van der Waals surface area contributed by atoms with Crippen LogP contribution in [0.4, 0.5) is 13.2 Å². The fraction of sp³-hybridized carbons (Fsp3) is 0.231. The van der Waals surface area contributed by atoms with E-state index in [-0.39, 0.29) is 12.1 Å². The fourth-order valence-electron chi connectivity index (χ4n) is 2.23. The van der Waals surface area contributed by atoms with Crippen LogP contribution in [0.25, 0.3) is 10.9 Å². The summed E-state index contributed by atoms with van der Waals surface area (Å²) in [6.07, 6.45) is 2.22. The van der Waals surface area contributed by atoms with Crippen LogP contribution in [0.2, 0.25) is 0 Å². The number of aromatic nitrogens is 1. The minimum absolute atomic E-state index is 0.244. The minimum Gasteiger partial charge on any atom is -0.477 e. The van der Waals surface area contributed by atoms with Crippen molar-refractivity contribution >= 4 is 16.9 Å². The molecule has 0 radical (unpaired) electrons. The predicted octanol–water partition coefficient (Wildman–Crippen LogP) is 2.45. The van der Waals surface area contributed by atoms with Gasteiger partial charge < -0.3 is 9.67 Å². The van der Waals surface area contributed by atoms with Gasteiger partial charge in [0.2, 0.25) is 5.43 Å². The fourth-order valence-corrected chi connectivity index (χ4v) is 2.23. The van der Waals surface area contributed by atoms with Crippen molar-refractivity contribution in [2.45, 2.75) is 18.9 Å². The molecule has 0 unspecified atom stereocenters. The molecule has 20 heavy (non-hydrogen) atoms. The number of aromatic carboxylic acids is 1. The highest BCUT2D eigenvalue weighted by molar-refractivity contribution is 5.93. The van der Waals surface area contributed by atoms with E-state index in [9.17, 15) is 22.8 Å². The van der Waals surface area contributed by atoms with Crippen LogP contribution >= 0.6 is 0 Å². The summed E-state index contributed by atoms with van der Waals surface area (Å²) in [5.74, 6) is -5.55. The number of nitrogens with zero attached hydrogens (tertiary/aromatic N) is 1. The lowest BCUT2D eigenvalue weighted by atomic mass is 10.1. The van der Waals surface area contributed by atoms with Gasteiger partial charge in [-0.3, -0.25) is 4.79 Å². The van der Waals surface area contributed by atoms with Crippen LogP contribution < -0.4 is 5.43 Å². The first kappa shape index (κ1) is 12.7. The SMILES string of the molecule is O=C(O)c1cn(C2CC2)c2c(F)c(F)cc(F)c2c1=O. The van der Waals surface area contributed by atoms with E-state index in [0.29, 0.717) is 12.8 Å². The second-order valence-electron chi connectivity index (χ2n) is 4.69. The minimum atomic E-state index is -1.53. The van der Waals surface area contributed by atoms with E-state index in [1.165, 1.54) is 0 Å². The number of hydrogen-bond acceptors (Lipinski definition) is 2. The molecule has 0 saturated heterocycles. The van der Waals surface area contributed by atoms with Crippen molar-refractivity contribution in [2.75, 3.05) is 0 Å². The number of rotatable bonds is 2. The van der Waals surface area contributed by atoms with Crippen molar-refractivity contribution in [3.8, 4) is 0 Å². The van der Waals surface area contributed by atoms with Gasteiger partial charge in [0.15, 0.2) is 11.6 Å². The maximum absolute atomic E-state index is 13.9. The third-order valence-electron chi connectivity index (χ3n) is 3.32. The Labute approximate surface area is 110 Å². The molecule has 0 spiro atoms. The number of fused-ring (bicyclic) bond motifs is 1. The number of hydrogen-bond donors (Lipinski definition) is 1. The number of carbonyl (C=O) groups is 1. The Morgan fingerprint density at radius 3 is 2.45 bits per heavy atom. The van der Waals surface area contributed by atoms with Gasteiger partial charge >= 0.3 is 5.97 Å². The van der Waals surface area contributed by atoms with Crippen molar-refractivity contribution in [2.24, 2.45) is 0 Å². The monoisotopic (exact) mass is 283 g/mol. The van der Waals surface area contributed by atoms with Gasteiger partial charge in [0.05, 0.1) is 10.9 Å². The normalized spacial score (nSPS) is 14.8. The summed E-state index contributed by atoms with van der Waals surface area (Å²) in [4.78, 5) is 22.9. The van der Waals surface area contributed by atoms with E-state index in [1.807, 2.05) is 0 Å². The van der Waals surface area contributed by atoms with Gasteiger partial charge in [-0.1, -0.05) is 0 Å². The molecular weight excluding hydrogens is 275 g/mol. The Kier molecular flexibility index (Phi) is 2.60. The van der Waals surface area contributed by atoms with Gasteiger partial charge in [-0.05, 0) is 12.8 Å². The Hall–Kier alpha value is -2.31. The van der Waals surface area contributed by atoms with E-state index >= 15 is 0 Å². The Morgan fingerprint density at radius 2 is 1.90 bits per heavy atom. The molecular formula is C13H8F3NO3. The zero-order valence-electron chi connectivity index (χ0n) is 9.99.